The van der Waals surface area contributed by atoms with Crippen molar-refractivity contribution in [2.24, 2.45) is 5.73 Å². The summed E-state index contributed by atoms with van der Waals surface area (Å²) in [6.45, 7) is 2.20. The quantitative estimate of drug-likeness (QED) is 0.869. The summed E-state index contributed by atoms with van der Waals surface area (Å²) in [5.41, 5.74) is 7.98. The minimum atomic E-state index is 0. The molecule has 1 fully saturated rings. The molecule has 1 saturated carbocycles. The molecule has 1 aromatic rings. The number of hydrogen-bond acceptors (Lipinski definition) is 1. The van der Waals surface area contributed by atoms with E-state index in [4.69, 9.17) is 17.3 Å². The lowest BCUT2D eigenvalue weighted by atomic mass is 9.59. The van der Waals surface area contributed by atoms with Crippen LogP contribution >= 0.6 is 24.0 Å². The summed E-state index contributed by atoms with van der Waals surface area (Å²) in [5, 5.41) is 0.808. The van der Waals surface area contributed by atoms with E-state index in [0.717, 1.165) is 17.9 Å². The second kappa shape index (κ2) is 6.08. The average molecular weight is 274 g/mol. The Hall–Kier alpha value is -0.240. The highest BCUT2D eigenvalue weighted by atomic mass is 35.5. The largest absolute Gasteiger partial charge is 0.327 e. The molecule has 1 aliphatic carbocycles. The van der Waals surface area contributed by atoms with E-state index in [2.05, 4.69) is 19.1 Å². The third kappa shape index (κ3) is 2.78. The molecule has 1 unspecified atom stereocenters. The van der Waals surface area contributed by atoms with Crippen LogP contribution in [-0.2, 0) is 5.41 Å². The predicted molar refractivity (Wildman–Crippen MR) is 77.1 cm³/mol. The number of rotatable bonds is 4. The summed E-state index contributed by atoms with van der Waals surface area (Å²) < 4.78 is 0. The van der Waals surface area contributed by atoms with E-state index in [0.29, 0.717) is 6.04 Å². The van der Waals surface area contributed by atoms with Gasteiger partial charge in [0.1, 0.15) is 0 Å². The molecule has 0 heterocycles. The molecule has 2 rings (SSSR count). The first kappa shape index (κ1) is 14.8. The standard InChI is InChI=1S/C14H20ClN.ClH/c1-2-4-13(16)14(9-3-10-14)11-5-7-12(15)8-6-11;/h5-8,13H,2-4,9-10,16H2,1H3;1H. The summed E-state index contributed by atoms with van der Waals surface area (Å²) in [5.74, 6) is 0. The van der Waals surface area contributed by atoms with Crippen molar-refractivity contribution in [1.82, 2.24) is 0 Å². The van der Waals surface area contributed by atoms with Crippen molar-refractivity contribution >= 4 is 24.0 Å². The Morgan fingerprint density at radius 2 is 1.88 bits per heavy atom. The highest BCUT2D eigenvalue weighted by Gasteiger charge is 2.43. The van der Waals surface area contributed by atoms with E-state index in [1.165, 1.54) is 24.8 Å². The van der Waals surface area contributed by atoms with Crippen molar-refractivity contribution in [2.75, 3.05) is 0 Å². The predicted octanol–water partition coefficient (Wildman–Crippen LogP) is 4.31. The maximum absolute atomic E-state index is 6.36. The maximum atomic E-state index is 6.36. The fraction of sp³-hybridized carbons (Fsp3) is 0.571. The Morgan fingerprint density at radius 3 is 2.29 bits per heavy atom. The molecular weight excluding hydrogens is 253 g/mol. The molecule has 2 N–H and O–H groups in total. The minimum Gasteiger partial charge on any atom is -0.327 e. The van der Waals surface area contributed by atoms with Gasteiger partial charge in [0.2, 0.25) is 0 Å². The van der Waals surface area contributed by atoms with Crippen LogP contribution in [0.25, 0.3) is 0 Å². The van der Waals surface area contributed by atoms with Gasteiger partial charge in [0, 0.05) is 16.5 Å². The van der Waals surface area contributed by atoms with Crippen LogP contribution in [0.4, 0.5) is 0 Å². The first-order chi connectivity index (χ1) is 7.69. The highest BCUT2D eigenvalue weighted by Crippen LogP contribution is 2.47. The van der Waals surface area contributed by atoms with E-state index < -0.39 is 0 Å². The van der Waals surface area contributed by atoms with Crippen molar-refractivity contribution in [3.05, 3.63) is 34.9 Å². The monoisotopic (exact) mass is 273 g/mol. The summed E-state index contributed by atoms with van der Waals surface area (Å²) in [4.78, 5) is 0. The van der Waals surface area contributed by atoms with Gasteiger partial charge in [0.05, 0.1) is 0 Å². The van der Waals surface area contributed by atoms with Gasteiger partial charge < -0.3 is 5.73 Å². The normalized spacial score (nSPS) is 19.0. The first-order valence-electron chi connectivity index (χ1n) is 6.20. The zero-order chi connectivity index (χ0) is 11.6. The van der Waals surface area contributed by atoms with Crippen molar-refractivity contribution < 1.29 is 0 Å². The second-order valence-electron chi connectivity index (χ2n) is 4.91. The van der Waals surface area contributed by atoms with Gasteiger partial charge in [-0.3, -0.25) is 0 Å². The van der Waals surface area contributed by atoms with Gasteiger partial charge in [-0.1, -0.05) is 43.5 Å². The fourth-order valence-electron chi connectivity index (χ4n) is 2.80. The van der Waals surface area contributed by atoms with Crippen LogP contribution in [0.1, 0.15) is 44.6 Å². The number of nitrogens with two attached hydrogens (primary N) is 1. The molecule has 1 nitrogen and oxygen atoms in total. The van der Waals surface area contributed by atoms with Gasteiger partial charge in [-0.2, -0.15) is 0 Å². The van der Waals surface area contributed by atoms with Crippen molar-refractivity contribution in [3.8, 4) is 0 Å². The molecule has 1 aromatic carbocycles. The minimum absolute atomic E-state index is 0. The summed E-state index contributed by atoms with van der Waals surface area (Å²) in [6, 6.07) is 8.56. The Kier molecular flexibility index (Phi) is 5.30. The number of hydrogen-bond donors (Lipinski definition) is 1. The molecule has 0 aromatic heterocycles. The molecule has 1 atom stereocenters. The third-order valence-electron chi connectivity index (χ3n) is 3.97. The zero-order valence-corrected chi connectivity index (χ0v) is 11.9. The lowest BCUT2D eigenvalue weighted by Crippen LogP contribution is -2.50. The summed E-state index contributed by atoms with van der Waals surface area (Å²) >= 11 is 5.93. The van der Waals surface area contributed by atoms with E-state index in [-0.39, 0.29) is 17.8 Å². The molecule has 96 valence electrons. The van der Waals surface area contributed by atoms with E-state index >= 15 is 0 Å². The molecular formula is C14H21Cl2N. The van der Waals surface area contributed by atoms with Crippen molar-refractivity contribution in [3.63, 3.8) is 0 Å². The van der Waals surface area contributed by atoms with Crippen LogP contribution in [0.3, 0.4) is 0 Å². The molecule has 0 saturated heterocycles. The van der Waals surface area contributed by atoms with Gasteiger partial charge in [0.25, 0.3) is 0 Å². The Bertz CT molecular complexity index is 344. The summed E-state index contributed by atoms with van der Waals surface area (Å²) in [6.07, 6.45) is 6.05. The SMILES string of the molecule is CCCC(N)C1(c2ccc(Cl)cc2)CCC1.Cl. The Labute approximate surface area is 115 Å². The molecule has 3 heteroatoms. The highest BCUT2D eigenvalue weighted by molar-refractivity contribution is 6.30. The lowest BCUT2D eigenvalue weighted by Gasteiger charge is -2.47. The van der Waals surface area contributed by atoms with Crippen LogP contribution in [-0.4, -0.2) is 6.04 Å². The topological polar surface area (TPSA) is 26.0 Å². The fourth-order valence-corrected chi connectivity index (χ4v) is 2.93. The van der Waals surface area contributed by atoms with Crippen LogP contribution in [0.5, 0.6) is 0 Å². The van der Waals surface area contributed by atoms with Crippen molar-refractivity contribution in [2.45, 2.75) is 50.5 Å². The van der Waals surface area contributed by atoms with Crippen molar-refractivity contribution in [1.29, 1.82) is 0 Å². The van der Waals surface area contributed by atoms with Gasteiger partial charge in [-0.15, -0.1) is 12.4 Å². The summed E-state index contributed by atoms with van der Waals surface area (Å²) in [7, 11) is 0. The Morgan fingerprint density at radius 1 is 1.29 bits per heavy atom. The molecule has 0 spiro atoms. The van der Waals surface area contributed by atoms with Gasteiger partial charge in [0.15, 0.2) is 0 Å². The van der Waals surface area contributed by atoms with Crippen LogP contribution in [0.2, 0.25) is 5.02 Å². The lowest BCUT2D eigenvalue weighted by molar-refractivity contribution is 0.188. The maximum Gasteiger partial charge on any atom is 0.0406 e. The number of benzene rings is 1. The Balaban J connectivity index is 0.00000144. The van der Waals surface area contributed by atoms with Gasteiger partial charge >= 0.3 is 0 Å². The third-order valence-corrected chi connectivity index (χ3v) is 4.23. The smallest absolute Gasteiger partial charge is 0.0406 e. The van der Waals surface area contributed by atoms with Crippen LogP contribution in [0.15, 0.2) is 24.3 Å². The van der Waals surface area contributed by atoms with Gasteiger partial charge in [-0.25, -0.2) is 0 Å². The molecule has 0 bridgehead atoms. The van der Waals surface area contributed by atoms with E-state index in [1.807, 2.05) is 12.1 Å². The zero-order valence-electron chi connectivity index (χ0n) is 10.3. The molecule has 17 heavy (non-hydrogen) atoms. The van der Waals surface area contributed by atoms with E-state index in [9.17, 15) is 0 Å². The number of halogens is 2. The van der Waals surface area contributed by atoms with Gasteiger partial charge in [-0.05, 0) is 37.0 Å². The average Bonchev–Trinajstić information content (AvgIpc) is 2.19. The second-order valence-corrected chi connectivity index (χ2v) is 5.35. The molecule has 0 aliphatic heterocycles. The molecule has 0 radical (unpaired) electrons. The van der Waals surface area contributed by atoms with Crippen LogP contribution < -0.4 is 5.73 Å². The molecule has 1 aliphatic rings. The van der Waals surface area contributed by atoms with Crippen LogP contribution in [0, 0.1) is 0 Å². The molecule has 0 amide bonds. The van der Waals surface area contributed by atoms with E-state index in [1.54, 1.807) is 0 Å². The first-order valence-corrected chi connectivity index (χ1v) is 6.58.